The first-order valence-electron chi connectivity index (χ1n) is 22.5. The number of oxime groups is 1. The lowest BCUT2D eigenvalue weighted by Gasteiger charge is -2.59. The summed E-state index contributed by atoms with van der Waals surface area (Å²) in [6.45, 7) is 3.85. The minimum atomic E-state index is -1.64. The van der Waals surface area contributed by atoms with E-state index in [2.05, 4.69) is 12.7 Å². The van der Waals surface area contributed by atoms with Crippen LogP contribution in [0.1, 0.15) is 77.9 Å². The molecule has 16 heteroatoms. The lowest BCUT2D eigenvalue weighted by molar-refractivity contribution is -0.384. The number of rotatable bonds is 23. The van der Waals surface area contributed by atoms with Gasteiger partial charge in [0, 0.05) is 55.4 Å². The topological polar surface area (TPSA) is 179 Å². The number of benzene rings is 4. The summed E-state index contributed by atoms with van der Waals surface area (Å²) in [6.07, 6.45) is 7.84. The van der Waals surface area contributed by atoms with Crippen LogP contribution in [0.15, 0.2) is 120 Å². The third kappa shape index (κ3) is 11.4. The van der Waals surface area contributed by atoms with E-state index in [9.17, 15) is 34.3 Å². The first-order valence-corrected chi connectivity index (χ1v) is 23.1. The van der Waals surface area contributed by atoms with Gasteiger partial charge in [0.2, 0.25) is 5.79 Å². The second-order valence-corrected chi connectivity index (χ2v) is 17.2. The van der Waals surface area contributed by atoms with Crippen LogP contribution in [0.2, 0.25) is 0 Å². The maximum absolute atomic E-state index is 14.6. The largest absolute Gasteiger partial charge is 0.459 e. The molecule has 0 spiro atoms. The third-order valence-corrected chi connectivity index (χ3v) is 12.8. The Kier molecular flexibility index (Phi) is 16.8. The van der Waals surface area contributed by atoms with Crippen molar-refractivity contribution in [3.8, 4) is 17.2 Å². The van der Waals surface area contributed by atoms with Gasteiger partial charge in [0.15, 0.2) is 0 Å². The normalized spacial score (nSPS) is 22.1. The van der Waals surface area contributed by atoms with E-state index in [-0.39, 0.29) is 69.4 Å². The fourth-order valence-corrected chi connectivity index (χ4v) is 9.77. The number of nitro groups is 1. The summed E-state index contributed by atoms with van der Waals surface area (Å²) in [5.74, 6) is -1.88. The van der Waals surface area contributed by atoms with E-state index in [1.54, 1.807) is 60.7 Å². The molecule has 67 heavy (non-hydrogen) atoms. The Hall–Kier alpha value is -6.13. The zero-order chi connectivity index (χ0) is 47.3. The molecule has 4 aromatic carbocycles. The highest BCUT2D eigenvalue weighted by molar-refractivity contribution is 6.18. The quantitative estimate of drug-likeness (QED) is 0.0181. The second-order valence-electron chi connectivity index (χ2n) is 16.8. The monoisotopic (exact) mass is 939 g/mol. The maximum Gasteiger partial charge on any atom is 0.410 e. The van der Waals surface area contributed by atoms with E-state index in [0.29, 0.717) is 71.8 Å². The fourth-order valence-electron chi connectivity index (χ4n) is 9.70. The van der Waals surface area contributed by atoms with Gasteiger partial charge in [-0.05, 0) is 109 Å². The smallest absolute Gasteiger partial charge is 0.410 e. The summed E-state index contributed by atoms with van der Waals surface area (Å²) in [5, 5.41) is 36.1. The molecule has 1 saturated carbocycles. The highest BCUT2D eigenvalue weighted by atomic mass is 35.5. The van der Waals surface area contributed by atoms with Gasteiger partial charge in [0.1, 0.15) is 48.6 Å². The number of nitro benzene ring substituents is 1. The van der Waals surface area contributed by atoms with Crippen molar-refractivity contribution in [2.75, 3.05) is 32.3 Å². The van der Waals surface area contributed by atoms with Crippen LogP contribution < -0.4 is 9.47 Å². The van der Waals surface area contributed by atoms with Gasteiger partial charge in [-0.15, -0.1) is 18.2 Å². The molecule has 6 atom stereocenters. The van der Waals surface area contributed by atoms with Gasteiger partial charge >= 0.3 is 6.09 Å². The number of aldehydes is 1. The SMILES string of the molecule is C=CCOC12Oc3ccc(Oc4cccc(C=O)c4)cc3C3C(CCCCO)C(CCCCO)C=C(C(=NOCc4ccc([N+](=O)[O-])cc4)CC1N(Cc1ccc(F)cc1)C(=O)OCCCl)C32. The van der Waals surface area contributed by atoms with Crippen LogP contribution >= 0.6 is 11.6 Å². The number of fused-ring (bicyclic) bond motifs is 2. The Balaban J connectivity index is 1.45. The number of hydrogen-bond donors (Lipinski definition) is 2. The number of hydrogen-bond acceptors (Lipinski definition) is 12. The van der Waals surface area contributed by atoms with Crippen molar-refractivity contribution in [1.29, 1.82) is 0 Å². The van der Waals surface area contributed by atoms with E-state index < -0.39 is 40.5 Å². The number of carbonyl (C=O) groups excluding carboxylic acids is 2. The summed E-state index contributed by atoms with van der Waals surface area (Å²) in [4.78, 5) is 44.8. The zero-order valence-electron chi connectivity index (χ0n) is 37.1. The fraction of sp³-hybridized carbons (Fsp3) is 0.392. The lowest BCUT2D eigenvalue weighted by Crippen LogP contribution is -2.70. The van der Waals surface area contributed by atoms with E-state index in [1.165, 1.54) is 29.2 Å². The molecule has 354 valence electrons. The second kappa shape index (κ2) is 23.1. The molecule has 2 N–H and O–H groups in total. The van der Waals surface area contributed by atoms with Gasteiger partial charge in [0.25, 0.3) is 5.69 Å². The molecular weight excluding hydrogens is 885 g/mol. The number of aliphatic hydroxyl groups excluding tert-OH is 2. The highest BCUT2D eigenvalue weighted by Crippen LogP contribution is 2.62. The zero-order valence-corrected chi connectivity index (χ0v) is 37.8. The number of ether oxygens (including phenoxy) is 4. The Morgan fingerprint density at radius 1 is 0.985 bits per heavy atom. The number of unbranched alkanes of at least 4 members (excludes halogenated alkanes) is 2. The predicted octanol–water partition coefficient (Wildman–Crippen LogP) is 10.1. The van der Waals surface area contributed by atoms with Gasteiger partial charge in [-0.3, -0.25) is 19.8 Å². The summed E-state index contributed by atoms with van der Waals surface area (Å²) in [5.41, 5.74) is 3.69. The van der Waals surface area contributed by atoms with Crippen molar-refractivity contribution >= 4 is 35.4 Å². The van der Waals surface area contributed by atoms with Crippen LogP contribution in [-0.2, 0) is 27.5 Å². The summed E-state index contributed by atoms with van der Waals surface area (Å²) in [7, 11) is 0. The molecular formula is C51H55ClFN3O11. The summed E-state index contributed by atoms with van der Waals surface area (Å²) >= 11 is 6.07. The number of halogens is 2. The van der Waals surface area contributed by atoms with E-state index >= 15 is 0 Å². The first kappa shape index (κ1) is 48.8. The molecule has 0 saturated heterocycles. The van der Waals surface area contributed by atoms with Crippen molar-refractivity contribution < 1.29 is 52.9 Å². The molecule has 1 aliphatic heterocycles. The molecule has 3 aliphatic rings. The Morgan fingerprint density at radius 3 is 2.42 bits per heavy atom. The van der Waals surface area contributed by atoms with Crippen LogP contribution in [-0.4, -0.2) is 82.3 Å². The molecule has 2 aliphatic carbocycles. The van der Waals surface area contributed by atoms with Gasteiger partial charge in [0.05, 0.1) is 29.0 Å². The number of non-ortho nitro benzene ring substituents is 1. The number of aliphatic hydroxyl groups is 2. The number of amides is 1. The average Bonchev–Trinajstić information content (AvgIpc) is 3.34. The molecule has 0 radical (unpaired) electrons. The first-order chi connectivity index (χ1) is 32.6. The molecule has 0 bridgehead atoms. The standard InChI is InChI=1S/C51H55ClFN3O11/c1-2-25-64-51-47(55(50(60)63-26-22-52)31-34-12-16-38(53)17-13-34)30-45(54-65-33-35-14-18-39(19-15-35)56(61)62)43-28-37(9-3-5-23-57)42(11-4-6-24-58)48(49(43)51)44-29-41(20-21-46(44)67-51)66-40-10-7-8-36(27-40)32-59/h2,7-8,10,12-21,27-29,32,37,42,47-49,57-58H,1,3-6,9,11,22-26,30-31,33H2. The Morgan fingerprint density at radius 2 is 1.72 bits per heavy atom. The third-order valence-electron chi connectivity index (χ3n) is 12.6. The lowest BCUT2D eigenvalue weighted by atomic mass is 9.55. The predicted molar refractivity (Wildman–Crippen MR) is 249 cm³/mol. The highest BCUT2D eigenvalue weighted by Gasteiger charge is 2.65. The van der Waals surface area contributed by atoms with Crippen LogP contribution in [0.5, 0.6) is 17.2 Å². The minimum Gasteiger partial charge on any atom is -0.459 e. The number of allylic oxidation sites excluding steroid dienone is 1. The van der Waals surface area contributed by atoms with E-state index in [0.717, 1.165) is 23.8 Å². The molecule has 4 aromatic rings. The van der Waals surface area contributed by atoms with Gasteiger partial charge in [-0.2, -0.15) is 0 Å². The van der Waals surface area contributed by atoms with Crippen molar-refractivity contribution in [3.05, 3.63) is 153 Å². The summed E-state index contributed by atoms with van der Waals surface area (Å²) in [6, 6.07) is 23.2. The number of nitrogens with zero attached hydrogens (tertiary/aromatic N) is 3. The Bertz CT molecular complexity index is 2420. The van der Waals surface area contributed by atoms with E-state index in [4.69, 9.17) is 40.5 Å². The molecule has 1 heterocycles. The van der Waals surface area contributed by atoms with E-state index in [1.807, 2.05) is 12.1 Å². The van der Waals surface area contributed by atoms with Gasteiger partial charge < -0.3 is 34.0 Å². The van der Waals surface area contributed by atoms with Crippen LogP contribution in [0.3, 0.4) is 0 Å². The number of carbonyl (C=O) groups is 2. The van der Waals surface area contributed by atoms with Crippen LogP contribution in [0.25, 0.3) is 0 Å². The molecule has 0 aromatic heterocycles. The van der Waals surface area contributed by atoms with Crippen molar-refractivity contribution in [3.63, 3.8) is 0 Å². The van der Waals surface area contributed by atoms with Crippen molar-refractivity contribution in [1.82, 2.24) is 4.90 Å². The molecule has 14 nitrogen and oxygen atoms in total. The molecule has 7 rings (SSSR count). The average molecular weight is 940 g/mol. The van der Waals surface area contributed by atoms with Crippen molar-refractivity contribution in [2.45, 2.75) is 75.8 Å². The van der Waals surface area contributed by atoms with Gasteiger partial charge in [-0.25, -0.2) is 9.18 Å². The summed E-state index contributed by atoms with van der Waals surface area (Å²) < 4.78 is 40.8. The Labute approximate surface area is 393 Å². The van der Waals surface area contributed by atoms with Crippen LogP contribution in [0, 0.1) is 33.7 Å². The molecule has 6 unspecified atom stereocenters. The van der Waals surface area contributed by atoms with Crippen LogP contribution in [0.4, 0.5) is 14.9 Å². The van der Waals surface area contributed by atoms with Crippen molar-refractivity contribution in [2.24, 2.45) is 22.9 Å². The minimum absolute atomic E-state index is 0.00867. The number of alkyl halides is 1. The molecule has 1 fully saturated rings. The maximum atomic E-state index is 14.6. The molecule has 1 amide bonds. The van der Waals surface area contributed by atoms with Gasteiger partial charge in [-0.1, -0.05) is 54.4 Å².